The van der Waals surface area contributed by atoms with Crippen molar-refractivity contribution >= 4 is 17.8 Å². The molecule has 1 aromatic carbocycles. The molecule has 3 aromatic rings. The third kappa shape index (κ3) is 6.12. The topological polar surface area (TPSA) is 112 Å². The Labute approximate surface area is 209 Å². The number of pyridine rings is 1. The van der Waals surface area contributed by atoms with Crippen molar-refractivity contribution in [3.63, 3.8) is 0 Å². The van der Waals surface area contributed by atoms with E-state index in [1.54, 1.807) is 0 Å². The molecule has 1 unspecified atom stereocenters. The highest BCUT2D eigenvalue weighted by Crippen LogP contribution is 2.36. The lowest BCUT2D eigenvalue weighted by Gasteiger charge is -2.29. The summed E-state index contributed by atoms with van der Waals surface area (Å²) in [6.07, 6.45) is 6.24. The van der Waals surface area contributed by atoms with E-state index in [1.807, 2.05) is 30.5 Å². The normalized spacial score (nSPS) is 15.6. The van der Waals surface area contributed by atoms with Gasteiger partial charge in [-0.3, -0.25) is 0 Å². The Bertz CT molecular complexity index is 1150. The first-order valence-electron chi connectivity index (χ1n) is 12.5. The number of fused-ring (bicyclic) bond motifs is 1. The number of ether oxygens (including phenoxy) is 3. The van der Waals surface area contributed by atoms with Crippen LogP contribution in [0.2, 0.25) is 0 Å². The summed E-state index contributed by atoms with van der Waals surface area (Å²) in [5.41, 5.74) is 2.16. The molecule has 5 rings (SSSR count). The van der Waals surface area contributed by atoms with Crippen LogP contribution in [0.3, 0.4) is 0 Å². The zero-order valence-electron chi connectivity index (χ0n) is 20.2. The van der Waals surface area contributed by atoms with E-state index in [-0.39, 0.29) is 12.7 Å². The first-order chi connectivity index (χ1) is 17.8. The molecule has 190 valence electrons. The van der Waals surface area contributed by atoms with E-state index in [2.05, 4.69) is 31.4 Å². The summed E-state index contributed by atoms with van der Waals surface area (Å²) in [6, 6.07) is 9.88. The first-order valence-corrected chi connectivity index (χ1v) is 12.5. The number of aryl methyl sites for hydroxylation is 1. The zero-order valence-corrected chi connectivity index (χ0v) is 20.2. The lowest BCUT2D eigenvalue weighted by Crippen LogP contribution is -2.36. The standard InChI is InChI=1S/C26H31N5O5/c32-12-7-20(19-4-5-22-23(15-19)35-18-34-22)16-26-29-24(30-36-26)3-1-2-8-27-25-17-21(6-9-28-25)31-10-13-33-14-11-31/h4-6,9,12,15,17,20H,1-3,7-8,10-11,13-14,16,18H2,(H,27,28). The second-order valence-electron chi connectivity index (χ2n) is 8.90. The predicted molar refractivity (Wildman–Crippen MR) is 133 cm³/mol. The predicted octanol–water partition coefficient (Wildman–Crippen LogP) is 3.38. The number of unbranched alkanes of at least 4 members (excludes halogenated alkanes) is 1. The molecule has 1 N–H and O–H groups in total. The van der Waals surface area contributed by atoms with E-state index in [9.17, 15) is 4.79 Å². The van der Waals surface area contributed by atoms with Crippen molar-refractivity contribution in [2.75, 3.05) is 49.9 Å². The highest BCUT2D eigenvalue weighted by atomic mass is 16.7. The summed E-state index contributed by atoms with van der Waals surface area (Å²) in [5, 5.41) is 7.54. The lowest BCUT2D eigenvalue weighted by atomic mass is 9.92. The number of anilines is 2. The second-order valence-corrected chi connectivity index (χ2v) is 8.90. The number of nitrogens with one attached hydrogen (secondary N) is 1. The molecule has 36 heavy (non-hydrogen) atoms. The summed E-state index contributed by atoms with van der Waals surface area (Å²) < 4.78 is 21.8. The number of aromatic nitrogens is 3. The van der Waals surface area contributed by atoms with E-state index >= 15 is 0 Å². The van der Waals surface area contributed by atoms with Crippen molar-refractivity contribution in [1.82, 2.24) is 15.1 Å². The van der Waals surface area contributed by atoms with E-state index in [0.29, 0.717) is 30.3 Å². The summed E-state index contributed by atoms with van der Waals surface area (Å²) in [5.74, 6) is 3.47. The van der Waals surface area contributed by atoms with Gasteiger partial charge >= 0.3 is 0 Å². The fourth-order valence-corrected chi connectivity index (χ4v) is 4.46. The average molecular weight is 494 g/mol. The Hall–Kier alpha value is -3.66. The smallest absolute Gasteiger partial charge is 0.231 e. The van der Waals surface area contributed by atoms with Gasteiger partial charge in [0, 0.05) is 56.8 Å². The SMILES string of the molecule is O=CCC(Cc1nc(CCCCNc2cc(N3CCOCC3)ccn2)no1)c1ccc2c(c1)OCO2. The molecule has 2 aliphatic rings. The quantitative estimate of drug-likeness (QED) is 0.298. The molecule has 1 fully saturated rings. The van der Waals surface area contributed by atoms with Gasteiger partial charge in [-0.15, -0.1) is 0 Å². The molecule has 2 aliphatic heterocycles. The molecular formula is C26H31N5O5. The van der Waals surface area contributed by atoms with E-state index in [1.165, 1.54) is 5.69 Å². The molecule has 4 heterocycles. The molecule has 0 radical (unpaired) electrons. The molecule has 0 bridgehead atoms. The fraction of sp³-hybridized carbons (Fsp3) is 0.462. The second kappa shape index (κ2) is 11.9. The molecule has 0 aliphatic carbocycles. The maximum absolute atomic E-state index is 11.3. The third-order valence-corrected chi connectivity index (χ3v) is 6.43. The fourth-order valence-electron chi connectivity index (χ4n) is 4.46. The number of nitrogens with zero attached hydrogens (tertiary/aromatic N) is 4. The van der Waals surface area contributed by atoms with Crippen LogP contribution in [-0.2, 0) is 22.4 Å². The van der Waals surface area contributed by atoms with E-state index in [4.69, 9.17) is 18.7 Å². The van der Waals surface area contributed by atoms with Crippen LogP contribution in [0.4, 0.5) is 11.5 Å². The summed E-state index contributed by atoms with van der Waals surface area (Å²) in [4.78, 5) is 22.6. The van der Waals surface area contributed by atoms with Gasteiger partial charge in [0.15, 0.2) is 17.3 Å². The van der Waals surface area contributed by atoms with Crippen LogP contribution in [0, 0.1) is 0 Å². The van der Waals surface area contributed by atoms with Gasteiger partial charge in [-0.2, -0.15) is 4.98 Å². The number of hydrogen-bond donors (Lipinski definition) is 1. The first kappa shape index (κ1) is 24.1. The van der Waals surface area contributed by atoms with Crippen molar-refractivity contribution in [1.29, 1.82) is 0 Å². The number of benzene rings is 1. The van der Waals surface area contributed by atoms with Crippen molar-refractivity contribution in [3.05, 3.63) is 53.8 Å². The number of rotatable bonds is 12. The van der Waals surface area contributed by atoms with E-state index in [0.717, 1.165) is 75.5 Å². The monoisotopic (exact) mass is 493 g/mol. The van der Waals surface area contributed by atoms with Crippen molar-refractivity contribution in [3.8, 4) is 11.5 Å². The Kier molecular flexibility index (Phi) is 7.92. The molecule has 0 saturated carbocycles. The summed E-state index contributed by atoms with van der Waals surface area (Å²) in [7, 11) is 0. The average Bonchev–Trinajstić information content (AvgIpc) is 3.58. The minimum absolute atomic E-state index is 0.0600. The van der Waals surface area contributed by atoms with Crippen LogP contribution in [0.1, 0.15) is 42.5 Å². The van der Waals surface area contributed by atoms with Crippen LogP contribution in [-0.4, -0.2) is 61.1 Å². The Morgan fingerprint density at radius 2 is 1.97 bits per heavy atom. The minimum Gasteiger partial charge on any atom is -0.454 e. The summed E-state index contributed by atoms with van der Waals surface area (Å²) in [6.45, 7) is 4.37. The van der Waals surface area contributed by atoms with Gasteiger partial charge < -0.3 is 33.7 Å². The van der Waals surface area contributed by atoms with Gasteiger partial charge in [0.05, 0.1) is 13.2 Å². The van der Waals surface area contributed by atoms with Gasteiger partial charge in [-0.1, -0.05) is 11.2 Å². The van der Waals surface area contributed by atoms with Gasteiger partial charge in [-0.25, -0.2) is 4.98 Å². The zero-order chi connectivity index (χ0) is 24.6. The molecule has 2 aromatic heterocycles. The highest BCUT2D eigenvalue weighted by Gasteiger charge is 2.21. The molecule has 1 atom stereocenters. The molecule has 0 amide bonds. The van der Waals surface area contributed by atoms with Crippen molar-refractivity contribution in [2.45, 2.75) is 38.0 Å². The molecule has 10 heteroatoms. The number of carbonyl (C=O) groups excluding carboxylic acids is 1. The van der Waals surface area contributed by atoms with Gasteiger partial charge in [0.25, 0.3) is 0 Å². The maximum Gasteiger partial charge on any atom is 0.231 e. The largest absolute Gasteiger partial charge is 0.454 e. The minimum atomic E-state index is -0.0600. The van der Waals surface area contributed by atoms with Crippen LogP contribution >= 0.6 is 0 Å². The Morgan fingerprint density at radius 1 is 1.08 bits per heavy atom. The van der Waals surface area contributed by atoms with Crippen LogP contribution in [0.25, 0.3) is 0 Å². The Balaban J connectivity index is 1.07. The molecule has 1 saturated heterocycles. The van der Waals surface area contributed by atoms with Crippen LogP contribution in [0.15, 0.2) is 41.1 Å². The van der Waals surface area contributed by atoms with Crippen LogP contribution in [0.5, 0.6) is 11.5 Å². The van der Waals surface area contributed by atoms with E-state index < -0.39 is 0 Å². The summed E-state index contributed by atoms with van der Waals surface area (Å²) >= 11 is 0. The number of carbonyl (C=O) groups is 1. The molecular weight excluding hydrogens is 462 g/mol. The maximum atomic E-state index is 11.3. The van der Waals surface area contributed by atoms with Gasteiger partial charge in [0.2, 0.25) is 12.7 Å². The molecule has 10 nitrogen and oxygen atoms in total. The highest BCUT2D eigenvalue weighted by molar-refractivity contribution is 5.54. The van der Waals surface area contributed by atoms with Gasteiger partial charge in [0.1, 0.15) is 12.1 Å². The third-order valence-electron chi connectivity index (χ3n) is 6.43. The lowest BCUT2D eigenvalue weighted by molar-refractivity contribution is -0.108. The number of aldehydes is 1. The van der Waals surface area contributed by atoms with Crippen molar-refractivity contribution in [2.24, 2.45) is 0 Å². The molecule has 0 spiro atoms. The van der Waals surface area contributed by atoms with Gasteiger partial charge in [-0.05, 0) is 42.5 Å². The van der Waals surface area contributed by atoms with Crippen LogP contribution < -0.4 is 19.7 Å². The number of morpholine rings is 1. The number of hydrogen-bond acceptors (Lipinski definition) is 10. The Morgan fingerprint density at radius 3 is 2.86 bits per heavy atom. The van der Waals surface area contributed by atoms with Crippen molar-refractivity contribution < 1.29 is 23.5 Å².